The van der Waals surface area contributed by atoms with Crippen LogP contribution in [-0.2, 0) is 13.1 Å². The molecule has 2 aliphatic rings. The summed E-state index contributed by atoms with van der Waals surface area (Å²) in [4.78, 5) is 5.15. The Morgan fingerprint density at radius 2 is 1.21 bits per heavy atom. The van der Waals surface area contributed by atoms with Crippen molar-refractivity contribution in [3.63, 3.8) is 0 Å². The summed E-state index contributed by atoms with van der Waals surface area (Å²) in [6.45, 7) is 13.1. The lowest BCUT2D eigenvalue weighted by Crippen LogP contribution is -2.39. The van der Waals surface area contributed by atoms with E-state index in [0.29, 0.717) is 12.1 Å². The Labute approximate surface area is 169 Å². The van der Waals surface area contributed by atoms with Crippen LogP contribution in [0.25, 0.3) is 0 Å². The summed E-state index contributed by atoms with van der Waals surface area (Å²) in [5, 5.41) is 9.39. The van der Waals surface area contributed by atoms with Gasteiger partial charge in [-0.05, 0) is 78.6 Å². The first kappa shape index (κ1) is 19.6. The topological polar surface area (TPSA) is 42.1 Å². The van der Waals surface area contributed by atoms with Gasteiger partial charge in [0, 0.05) is 23.5 Å². The largest absolute Gasteiger partial charge is 0.293 e. The molecule has 0 N–H and O–H groups in total. The van der Waals surface area contributed by atoms with E-state index in [-0.39, 0.29) is 0 Å². The Kier molecular flexibility index (Phi) is 5.88. The average molecular weight is 385 g/mol. The van der Waals surface area contributed by atoms with E-state index in [1.165, 1.54) is 49.9 Å². The molecule has 0 radical (unpaired) electrons. The van der Waals surface area contributed by atoms with E-state index in [9.17, 15) is 0 Å². The maximum atomic E-state index is 4.70. The zero-order chi connectivity index (χ0) is 19.7. The number of nitrogens with zero attached hydrogens (tertiary/aromatic N) is 6. The van der Waals surface area contributed by atoms with Crippen molar-refractivity contribution in [1.29, 1.82) is 0 Å². The maximum absolute atomic E-state index is 4.70. The second-order valence-electron chi connectivity index (χ2n) is 8.90. The van der Waals surface area contributed by atoms with Crippen LogP contribution in [0.3, 0.4) is 0 Å². The highest BCUT2D eigenvalue weighted by Gasteiger charge is 2.26. The third-order valence-corrected chi connectivity index (χ3v) is 6.77. The number of aryl methyl sites for hydroxylation is 2. The predicted molar refractivity (Wildman–Crippen MR) is 112 cm³/mol. The molecule has 4 rings (SSSR count). The molecule has 6 nitrogen and oxygen atoms in total. The molecule has 2 fully saturated rings. The molecule has 154 valence electrons. The van der Waals surface area contributed by atoms with Crippen LogP contribution in [-0.4, -0.2) is 54.5 Å². The smallest absolute Gasteiger partial charge is 0.167 e. The third-order valence-electron chi connectivity index (χ3n) is 6.77. The summed E-state index contributed by atoms with van der Waals surface area (Å²) < 4.78 is 4.60. The minimum atomic E-state index is 0.622. The molecule has 0 unspecified atom stereocenters. The quantitative estimate of drug-likeness (QED) is 0.787. The zero-order valence-electron chi connectivity index (χ0n) is 18.1. The highest BCUT2D eigenvalue weighted by atomic mass is 15.5. The minimum absolute atomic E-state index is 0.622. The molecule has 2 aromatic rings. The van der Waals surface area contributed by atoms with E-state index in [2.05, 4.69) is 59.0 Å². The van der Waals surface area contributed by atoms with Crippen LogP contribution < -0.4 is 0 Å². The summed E-state index contributed by atoms with van der Waals surface area (Å²) in [6.07, 6.45) is 7.84. The predicted octanol–water partition coefficient (Wildman–Crippen LogP) is 3.76. The molecule has 2 aliphatic heterocycles. The fourth-order valence-corrected chi connectivity index (χ4v) is 4.90. The SMILES string of the molecule is Cc1ccc(C)n1-n1c(CN2CCCC[C@H]2C)nnc1CN1CCCC[C@H]1C. The first-order valence-corrected chi connectivity index (χ1v) is 11.1. The molecule has 0 bridgehead atoms. The van der Waals surface area contributed by atoms with Gasteiger partial charge in [0.25, 0.3) is 0 Å². The molecule has 0 amide bonds. The van der Waals surface area contributed by atoms with E-state index in [1.807, 2.05) is 0 Å². The first-order chi connectivity index (χ1) is 13.5. The average Bonchev–Trinajstić information content (AvgIpc) is 3.21. The molecule has 4 heterocycles. The van der Waals surface area contributed by atoms with Crippen molar-refractivity contribution in [2.45, 2.75) is 91.4 Å². The summed E-state index contributed by atoms with van der Waals surface area (Å²) in [7, 11) is 0. The van der Waals surface area contributed by atoms with Gasteiger partial charge >= 0.3 is 0 Å². The van der Waals surface area contributed by atoms with Crippen molar-refractivity contribution in [3.8, 4) is 0 Å². The van der Waals surface area contributed by atoms with Gasteiger partial charge in [-0.25, -0.2) is 4.68 Å². The summed E-state index contributed by atoms with van der Waals surface area (Å²) >= 11 is 0. The maximum Gasteiger partial charge on any atom is 0.167 e. The van der Waals surface area contributed by atoms with E-state index < -0.39 is 0 Å². The second kappa shape index (κ2) is 8.37. The Morgan fingerprint density at radius 3 is 1.64 bits per heavy atom. The molecule has 0 spiro atoms. The highest BCUT2D eigenvalue weighted by molar-refractivity contribution is 5.16. The van der Waals surface area contributed by atoms with Crippen molar-refractivity contribution < 1.29 is 0 Å². The van der Waals surface area contributed by atoms with Crippen LogP contribution in [0.1, 0.15) is 75.4 Å². The molecule has 2 aromatic heterocycles. The molecule has 28 heavy (non-hydrogen) atoms. The van der Waals surface area contributed by atoms with Crippen LogP contribution in [0.4, 0.5) is 0 Å². The number of rotatable bonds is 5. The summed E-state index contributed by atoms with van der Waals surface area (Å²) in [5.41, 5.74) is 2.47. The first-order valence-electron chi connectivity index (χ1n) is 11.1. The third kappa shape index (κ3) is 3.90. The lowest BCUT2D eigenvalue weighted by molar-refractivity contribution is 0.141. The minimum Gasteiger partial charge on any atom is -0.293 e. The number of aromatic nitrogens is 4. The zero-order valence-corrected chi connectivity index (χ0v) is 18.1. The summed E-state index contributed by atoms with van der Waals surface area (Å²) in [6, 6.07) is 5.62. The van der Waals surface area contributed by atoms with Crippen LogP contribution >= 0.6 is 0 Å². The van der Waals surface area contributed by atoms with Crippen LogP contribution in [0.2, 0.25) is 0 Å². The van der Waals surface area contributed by atoms with Crippen LogP contribution in [0.5, 0.6) is 0 Å². The van der Waals surface area contributed by atoms with Gasteiger partial charge in [-0.15, -0.1) is 10.2 Å². The van der Waals surface area contributed by atoms with Gasteiger partial charge in [-0.1, -0.05) is 12.8 Å². The van der Waals surface area contributed by atoms with Gasteiger partial charge < -0.3 is 0 Å². The second-order valence-corrected chi connectivity index (χ2v) is 8.90. The van der Waals surface area contributed by atoms with Crippen molar-refractivity contribution in [3.05, 3.63) is 35.2 Å². The fourth-order valence-electron chi connectivity index (χ4n) is 4.90. The van der Waals surface area contributed by atoms with Gasteiger partial charge in [-0.2, -0.15) is 0 Å². The van der Waals surface area contributed by atoms with Crippen molar-refractivity contribution >= 4 is 0 Å². The van der Waals surface area contributed by atoms with Gasteiger partial charge in [0.1, 0.15) is 0 Å². The molecule has 6 heteroatoms. The Bertz CT molecular complexity index is 730. The lowest BCUT2D eigenvalue weighted by Gasteiger charge is -2.34. The fraction of sp³-hybridized carbons (Fsp3) is 0.727. The van der Waals surface area contributed by atoms with Gasteiger partial charge in [0.2, 0.25) is 0 Å². The molecule has 0 aliphatic carbocycles. The van der Waals surface area contributed by atoms with Gasteiger partial charge in [0.15, 0.2) is 11.6 Å². The van der Waals surface area contributed by atoms with E-state index in [0.717, 1.165) is 37.8 Å². The molecule has 0 aromatic carbocycles. The molecular formula is C22H36N6. The number of piperidine rings is 2. The van der Waals surface area contributed by atoms with E-state index in [1.54, 1.807) is 0 Å². The molecule has 0 saturated carbocycles. The Hall–Kier alpha value is -1.66. The van der Waals surface area contributed by atoms with E-state index >= 15 is 0 Å². The molecule has 2 saturated heterocycles. The highest BCUT2D eigenvalue weighted by Crippen LogP contribution is 2.22. The molecular weight excluding hydrogens is 348 g/mol. The van der Waals surface area contributed by atoms with Crippen molar-refractivity contribution in [2.75, 3.05) is 13.1 Å². The van der Waals surface area contributed by atoms with E-state index in [4.69, 9.17) is 10.2 Å². The van der Waals surface area contributed by atoms with Crippen molar-refractivity contribution in [1.82, 2.24) is 29.3 Å². The monoisotopic (exact) mass is 384 g/mol. The number of hydrogen-bond donors (Lipinski definition) is 0. The lowest BCUT2D eigenvalue weighted by atomic mass is 10.0. The molecule has 2 atom stereocenters. The normalized spacial score (nSPS) is 24.7. The van der Waals surface area contributed by atoms with Gasteiger partial charge in [-0.3, -0.25) is 14.5 Å². The van der Waals surface area contributed by atoms with Crippen LogP contribution in [0.15, 0.2) is 12.1 Å². The standard InChI is InChI=1S/C22H36N6/c1-17-9-5-7-13-25(17)15-21-23-24-22(16-26-14-8-6-10-18(26)2)28(21)27-19(3)11-12-20(27)4/h11-12,17-18H,5-10,13-16H2,1-4H3/t17-,18-/m1/s1. The number of hydrogen-bond acceptors (Lipinski definition) is 4. The Morgan fingerprint density at radius 1 is 0.750 bits per heavy atom. The van der Waals surface area contributed by atoms with Crippen LogP contribution in [0, 0.1) is 13.8 Å². The van der Waals surface area contributed by atoms with Crippen molar-refractivity contribution in [2.24, 2.45) is 0 Å². The number of likely N-dealkylation sites (tertiary alicyclic amines) is 2. The summed E-state index contributed by atoms with van der Waals surface area (Å²) in [5.74, 6) is 2.13. The Balaban J connectivity index is 1.67. The van der Waals surface area contributed by atoms with Gasteiger partial charge in [0.05, 0.1) is 13.1 Å².